The summed E-state index contributed by atoms with van der Waals surface area (Å²) in [5.74, 6) is 1.71. The average molecular weight is 298 g/mol. The molecule has 0 saturated carbocycles. The Labute approximate surface area is 128 Å². The van der Waals surface area contributed by atoms with Crippen molar-refractivity contribution in [3.63, 3.8) is 0 Å². The first kappa shape index (κ1) is 14.2. The van der Waals surface area contributed by atoms with E-state index in [0.29, 0.717) is 12.5 Å². The summed E-state index contributed by atoms with van der Waals surface area (Å²) in [6, 6.07) is 9.78. The van der Waals surface area contributed by atoms with Crippen LogP contribution in [-0.2, 0) is 0 Å². The Morgan fingerprint density at radius 2 is 2.00 bits per heavy atom. The number of para-hydroxylation sites is 1. The van der Waals surface area contributed by atoms with Crippen LogP contribution < -0.4 is 5.32 Å². The van der Waals surface area contributed by atoms with Crippen LogP contribution in [0.4, 0.5) is 5.95 Å². The molecule has 1 unspecified atom stereocenters. The molecule has 1 N–H and O–H groups in total. The van der Waals surface area contributed by atoms with Gasteiger partial charge in [-0.2, -0.15) is 4.68 Å². The molecule has 0 saturated heterocycles. The van der Waals surface area contributed by atoms with Crippen LogP contribution in [0.1, 0.15) is 29.9 Å². The van der Waals surface area contributed by atoms with Crippen LogP contribution in [0.5, 0.6) is 0 Å². The number of aromatic nitrogens is 5. The number of hydrogen-bond donors (Lipinski definition) is 1. The molecule has 0 aliphatic rings. The van der Waals surface area contributed by atoms with Gasteiger partial charge in [0.2, 0.25) is 5.95 Å². The molecule has 0 fully saturated rings. The second-order valence-corrected chi connectivity index (χ2v) is 5.27. The molecule has 0 aliphatic heterocycles. The van der Waals surface area contributed by atoms with Crippen molar-refractivity contribution in [2.24, 2.45) is 0 Å². The summed E-state index contributed by atoms with van der Waals surface area (Å²) in [7, 11) is 0. The smallest absolute Gasteiger partial charge is 0.247 e. The van der Waals surface area contributed by atoms with E-state index in [0.717, 1.165) is 22.7 Å². The highest BCUT2D eigenvalue weighted by atomic mass is 16.5. The molecular formula is C15H18N6O. The maximum atomic E-state index is 5.22. The van der Waals surface area contributed by atoms with E-state index in [9.17, 15) is 0 Å². The topological polar surface area (TPSA) is 81.7 Å². The summed E-state index contributed by atoms with van der Waals surface area (Å²) in [6.07, 6.45) is 0. The van der Waals surface area contributed by atoms with Gasteiger partial charge in [-0.1, -0.05) is 35.4 Å². The predicted octanol–water partition coefficient (Wildman–Crippen LogP) is 2.48. The molecular weight excluding hydrogens is 280 g/mol. The van der Waals surface area contributed by atoms with E-state index in [4.69, 9.17) is 4.52 Å². The normalized spacial score (nSPS) is 12.3. The van der Waals surface area contributed by atoms with Crippen molar-refractivity contribution in [3.8, 4) is 5.69 Å². The van der Waals surface area contributed by atoms with Gasteiger partial charge in [-0.15, -0.1) is 0 Å². The van der Waals surface area contributed by atoms with Gasteiger partial charge >= 0.3 is 0 Å². The van der Waals surface area contributed by atoms with Crippen LogP contribution in [0.25, 0.3) is 5.69 Å². The van der Waals surface area contributed by atoms with E-state index >= 15 is 0 Å². The molecule has 0 radical (unpaired) electrons. The molecule has 7 nitrogen and oxygen atoms in total. The lowest BCUT2D eigenvalue weighted by molar-refractivity contribution is 0.391. The molecule has 0 aliphatic carbocycles. The Hall–Kier alpha value is -2.70. The van der Waals surface area contributed by atoms with Gasteiger partial charge in [0, 0.05) is 18.0 Å². The third-order valence-corrected chi connectivity index (χ3v) is 3.62. The van der Waals surface area contributed by atoms with Crippen molar-refractivity contribution in [1.82, 2.24) is 25.4 Å². The second kappa shape index (κ2) is 5.97. The van der Waals surface area contributed by atoms with Gasteiger partial charge in [0.1, 0.15) is 5.76 Å². The SMILES string of the molecule is Cc1noc(C)c1C(C)CNc1nnnn1-c1ccccc1. The van der Waals surface area contributed by atoms with Gasteiger partial charge in [-0.05, 0) is 36.4 Å². The standard InChI is InChI=1S/C15H18N6O/c1-10(14-11(2)18-22-12(14)3)9-16-15-17-19-20-21(15)13-7-5-4-6-8-13/h4-8,10H,9H2,1-3H3,(H,16,17,20). The van der Waals surface area contributed by atoms with E-state index < -0.39 is 0 Å². The number of nitrogens with one attached hydrogen (secondary N) is 1. The summed E-state index contributed by atoms with van der Waals surface area (Å²) < 4.78 is 6.90. The number of tetrazole rings is 1. The first-order valence-corrected chi connectivity index (χ1v) is 7.17. The summed E-state index contributed by atoms with van der Waals surface area (Å²) in [4.78, 5) is 0. The van der Waals surface area contributed by atoms with Crippen LogP contribution in [0.2, 0.25) is 0 Å². The first-order valence-electron chi connectivity index (χ1n) is 7.17. The minimum atomic E-state index is 0.243. The van der Waals surface area contributed by atoms with E-state index in [-0.39, 0.29) is 5.92 Å². The highest BCUT2D eigenvalue weighted by molar-refractivity contribution is 5.39. The zero-order valence-electron chi connectivity index (χ0n) is 12.8. The van der Waals surface area contributed by atoms with Crippen LogP contribution in [0, 0.1) is 13.8 Å². The molecule has 2 aromatic heterocycles. The van der Waals surface area contributed by atoms with Crippen molar-refractivity contribution >= 4 is 5.95 Å². The fourth-order valence-corrected chi connectivity index (χ4v) is 2.58. The minimum Gasteiger partial charge on any atom is -0.361 e. The largest absolute Gasteiger partial charge is 0.361 e. The minimum absolute atomic E-state index is 0.243. The average Bonchev–Trinajstić information content (AvgIpc) is 3.12. The number of hydrogen-bond acceptors (Lipinski definition) is 6. The van der Waals surface area contributed by atoms with E-state index in [1.54, 1.807) is 4.68 Å². The van der Waals surface area contributed by atoms with Crippen molar-refractivity contribution in [2.75, 3.05) is 11.9 Å². The van der Waals surface area contributed by atoms with Crippen molar-refractivity contribution < 1.29 is 4.52 Å². The second-order valence-electron chi connectivity index (χ2n) is 5.27. The molecule has 1 atom stereocenters. The number of rotatable bonds is 5. The third kappa shape index (κ3) is 2.69. The zero-order valence-corrected chi connectivity index (χ0v) is 12.8. The summed E-state index contributed by atoms with van der Waals surface area (Å²) in [6.45, 7) is 6.70. The van der Waals surface area contributed by atoms with Gasteiger partial charge < -0.3 is 9.84 Å². The van der Waals surface area contributed by atoms with Crippen molar-refractivity contribution in [1.29, 1.82) is 0 Å². The summed E-state index contributed by atoms with van der Waals surface area (Å²) in [5.41, 5.74) is 2.97. The van der Waals surface area contributed by atoms with Crippen LogP contribution in [-0.4, -0.2) is 31.9 Å². The first-order chi connectivity index (χ1) is 10.7. The number of aryl methyl sites for hydroxylation is 2. The lowest BCUT2D eigenvalue weighted by Crippen LogP contribution is -2.14. The lowest BCUT2D eigenvalue weighted by atomic mass is 10.00. The van der Waals surface area contributed by atoms with Gasteiger partial charge in [-0.25, -0.2) is 0 Å². The molecule has 0 bridgehead atoms. The maximum Gasteiger partial charge on any atom is 0.247 e. The van der Waals surface area contributed by atoms with E-state index in [2.05, 4.69) is 32.9 Å². The van der Waals surface area contributed by atoms with E-state index in [1.807, 2.05) is 44.2 Å². The molecule has 3 aromatic rings. The highest BCUT2D eigenvalue weighted by Gasteiger charge is 2.17. The zero-order chi connectivity index (χ0) is 15.5. The van der Waals surface area contributed by atoms with Crippen LogP contribution in [0.15, 0.2) is 34.9 Å². The fraction of sp³-hybridized carbons (Fsp3) is 0.333. The molecule has 1 aromatic carbocycles. The van der Waals surface area contributed by atoms with E-state index in [1.165, 1.54) is 0 Å². The monoisotopic (exact) mass is 298 g/mol. The number of anilines is 1. The molecule has 2 heterocycles. The molecule has 7 heteroatoms. The summed E-state index contributed by atoms with van der Waals surface area (Å²) in [5, 5.41) is 19.1. The fourth-order valence-electron chi connectivity index (χ4n) is 2.58. The Balaban J connectivity index is 1.74. The van der Waals surface area contributed by atoms with Crippen molar-refractivity contribution in [2.45, 2.75) is 26.7 Å². The number of benzene rings is 1. The molecule has 22 heavy (non-hydrogen) atoms. The van der Waals surface area contributed by atoms with Crippen molar-refractivity contribution in [3.05, 3.63) is 47.3 Å². The molecule has 0 spiro atoms. The van der Waals surface area contributed by atoms with Crippen LogP contribution in [0.3, 0.4) is 0 Å². The molecule has 114 valence electrons. The molecule has 3 rings (SSSR count). The number of nitrogens with zero attached hydrogens (tertiary/aromatic N) is 5. The highest BCUT2D eigenvalue weighted by Crippen LogP contribution is 2.23. The van der Waals surface area contributed by atoms with Gasteiger partial charge in [0.15, 0.2) is 0 Å². The van der Waals surface area contributed by atoms with Gasteiger partial charge in [0.25, 0.3) is 0 Å². The van der Waals surface area contributed by atoms with Gasteiger partial charge in [0.05, 0.1) is 11.4 Å². The van der Waals surface area contributed by atoms with Gasteiger partial charge in [-0.3, -0.25) is 0 Å². The lowest BCUT2D eigenvalue weighted by Gasteiger charge is -2.13. The maximum absolute atomic E-state index is 5.22. The quantitative estimate of drug-likeness (QED) is 0.779. The Bertz CT molecular complexity index is 729. The van der Waals surface area contributed by atoms with Crippen LogP contribution >= 0.6 is 0 Å². The Morgan fingerprint density at radius 3 is 2.68 bits per heavy atom. The third-order valence-electron chi connectivity index (χ3n) is 3.62. The Morgan fingerprint density at radius 1 is 1.23 bits per heavy atom. The molecule has 0 amide bonds. The Kier molecular flexibility index (Phi) is 3.86. The summed E-state index contributed by atoms with van der Waals surface area (Å²) >= 11 is 0. The predicted molar refractivity (Wildman–Crippen MR) is 82.0 cm³/mol.